The third kappa shape index (κ3) is 4.51. The van der Waals surface area contributed by atoms with Crippen molar-refractivity contribution in [2.24, 2.45) is 0 Å². The fraction of sp³-hybridized carbons (Fsp3) is 0. The molecule has 0 aliphatic carbocycles. The maximum absolute atomic E-state index is 5.28. The molecule has 0 aliphatic heterocycles. The Labute approximate surface area is 304 Å². The van der Waals surface area contributed by atoms with E-state index in [0.29, 0.717) is 17.5 Å². The van der Waals surface area contributed by atoms with Crippen molar-refractivity contribution in [1.82, 2.24) is 15.0 Å². The van der Waals surface area contributed by atoms with E-state index in [1.54, 1.807) is 11.3 Å². The highest BCUT2D eigenvalue weighted by Crippen LogP contribution is 2.47. The summed E-state index contributed by atoms with van der Waals surface area (Å²) in [5, 5.41) is 7.58. The summed E-state index contributed by atoms with van der Waals surface area (Å²) in [5.41, 5.74) is 5.54. The summed E-state index contributed by atoms with van der Waals surface area (Å²) in [4.78, 5) is 15.6. The third-order valence-corrected chi connectivity index (χ3v) is 13.5. The van der Waals surface area contributed by atoms with Crippen LogP contribution in [0, 0.1) is 0 Å². The Kier molecular flexibility index (Phi) is 6.46. The van der Waals surface area contributed by atoms with Crippen LogP contribution in [-0.2, 0) is 0 Å². The molecule has 6 heteroatoms. The Hall–Kier alpha value is -5.79. The molecular weight excluding hydrogens is 679 g/mol. The molecule has 238 valence electrons. The number of hydrogen-bond acceptors (Lipinski definition) is 6. The number of thiophene rings is 3. The topological polar surface area (TPSA) is 38.7 Å². The van der Waals surface area contributed by atoms with Gasteiger partial charge >= 0.3 is 0 Å². The van der Waals surface area contributed by atoms with Crippen LogP contribution < -0.4 is 0 Å². The van der Waals surface area contributed by atoms with E-state index >= 15 is 0 Å². The van der Waals surface area contributed by atoms with Crippen molar-refractivity contribution < 1.29 is 0 Å². The van der Waals surface area contributed by atoms with E-state index in [4.69, 9.17) is 15.0 Å². The van der Waals surface area contributed by atoms with Gasteiger partial charge in [-0.25, -0.2) is 15.0 Å². The van der Waals surface area contributed by atoms with Crippen LogP contribution in [0.1, 0.15) is 0 Å². The lowest BCUT2D eigenvalue weighted by Crippen LogP contribution is -2.00. The van der Waals surface area contributed by atoms with Crippen LogP contribution in [0.25, 0.3) is 106 Å². The number of nitrogens with zero attached hydrogens (tertiary/aromatic N) is 3. The summed E-state index contributed by atoms with van der Waals surface area (Å²) in [6, 6.07) is 54.0. The second-order valence-corrected chi connectivity index (χ2v) is 15.8. The van der Waals surface area contributed by atoms with Gasteiger partial charge < -0.3 is 0 Å². The first kappa shape index (κ1) is 29.0. The zero-order valence-corrected chi connectivity index (χ0v) is 29.4. The largest absolute Gasteiger partial charge is 0.208 e. The molecule has 3 nitrogen and oxygen atoms in total. The van der Waals surface area contributed by atoms with E-state index in [1.807, 2.05) is 40.9 Å². The van der Waals surface area contributed by atoms with E-state index in [1.165, 1.54) is 71.6 Å². The first-order chi connectivity index (χ1) is 25.3. The monoisotopic (exact) mass is 703 g/mol. The average Bonchev–Trinajstić information content (AvgIpc) is 3.89. The van der Waals surface area contributed by atoms with E-state index in [2.05, 4.69) is 133 Å². The molecule has 4 heterocycles. The predicted molar refractivity (Wildman–Crippen MR) is 220 cm³/mol. The predicted octanol–water partition coefficient (Wildman–Crippen LogP) is 13.6. The summed E-state index contributed by atoms with van der Waals surface area (Å²) in [7, 11) is 0. The zero-order valence-electron chi connectivity index (χ0n) is 27.0. The Balaban J connectivity index is 1.15. The van der Waals surface area contributed by atoms with Crippen molar-refractivity contribution in [2.45, 2.75) is 0 Å². The zero-order chi connectivity index (χ0) is 33.5. The van der Waals surface area contributed by atoms with Gasteiger partial charge in [0.1, 0.15) is 0 Å². The molecule has 0 fully saturated rings. The first-order valence-corrected chi connectivity index (χ1v) is 19.3. The van der Waals surface area contributed by atoms with Gasteiger partial charge in [0.25, 0.3) is 0 Å². The van der Waals surface area contributed by atoms with Crippen LogP contribution in [-0.4, -0.2) is 15.0 Å². The highest BCUT2D eigenvalue weighted by Gasteiger charge is 2.20. The van der Waals surface area contributed by atoms with E-state index < -0.39 is 0 Å². The minimum atomic E-state index is 0.670. The van der Waals surface area contributed by atoms with Crippen LogP contribution in [0.2, 0.25) is 0 Å². The second-order valence-electron chi connectivity index (χ2n) is 12.7. The van der Waals surface area contributed by atoms with Gasteiger partial charge in [0.05, 0.1) is 0 Å². The molecule has 4 aromatic heterocycles. The number of fused-ring (bicyclic) bond motifs is 9. The lowest BCUT2D eigenvalue weighted by molar-refractivity contribution is 1.08. The lowest BCUT2D eigenvalue weighted by atomic mass is 10.00. The van der Waals surface area contributed by atoms with Gasteiger partial charge in [0.2, 0.25) is 0 Å². The van der Waals surface area contributed by atoms with Crippen molar-refractivity contribution in [3.8, 4) is 45.3 Å². The average molecular weight is 704 g/mol. The molecule has 0 atom stereocenters. The standard InChI is InChI=1S/C45H25N3S3/c1-2-12-26(13-3-1)43-46-44(35-22-10-17-30-28-15-5-7-25-38(28)50-41(30)35)48-45(47-43)36-23-11-21-34-33-20-9-19-32(40(33)51-42(34)36)31-18-8-16-29-27-14-4-6-24-37(27)49-39(29)31/h1-25H. The minimum Gasteiger partial charge on any atom is -0.208 e. The van der Waals surface area contributed by atoms with Crippen molar-refractivity contribution in [3.63, 3.8) is 0 Å². The van der Waals surface area contributed by atoms with Gasteiger partial charge in [-0.3, -0.25) is 0 Å². The molecule has 11 rings (SSSR count). The molecule has 0 aliphatic rings. The second kappa shape index (κ2) is 11.4. The quantitative estimate of drug-likeness (QED) is 0.183. The highest BCUT2D eigenvalue weighted by molar-refractivity contribution is 7.28. The molecule has 0 bridgehead atoms. The number of benzene rings is 7. The summed E-state index contributed by atoms with van der Waals surface area (Å²) in [6.07, 6.45) is 0. The van der Waals surface area contributed by atoms with E-state index in [9.17, 15) is 0 Å². The molecule has 0 N–H and O–H groups in total. The van der Waals surface area contributed by atoms with Gasteiger partial charge in [-0.15, -0.1) is 34.0 Å². The van der Waals surface area contributed by atoms with E-state index in [-0.39, 0.29) is 0 Å². The third-order valence-electron chi connectivity index (χ3n) is 9.77. The van der Waals surface area contributed by atoms with Gasteiger partial charge in [0, 0.05) is 88.3 Å². The van der Waals surface area contributed by atoms with E-state index in [0.717, 1.165) is 16.7 Å². The fourth-order valence-electron chi connectivity index (χ4n) is 7.42. The SMILES string of the molecule is c1ccc(-c2nc(-c3cccc4c3sc3ccccc34)nc(-c3cccc4c3sc3c(-c5cccc6c5sc5ccccc56)cccc34)n2)cc1. The molecule has 0 spiro atoms. The van der Waals surface area contributed by atoms with Crippen LogP contribution in [0.15, 0.2) is 152 Å². The molecular formula is C45H25N3S3. The van der Waals surface area contributed by atoms with Crippen LogP contribution in [0.5, 0.6) is 0 Å². The molecule has 0 saturated heterocycles. The van der Waals surface area contributed by atoms with Gasteiger partial charge in [-0.05, 0) is 24.3 Å². The van der Waals surface area contributed by atoms with Crippen molar-refractivity contribution in [1.29, 1.82) is 0 Å². The highest BCUT2D eigenvalue weighted by atomic mass is 32.1. The normalized spacial score (nSPS) is 11.9. The number of hydrogen-bond donors (Lipinski definition) is 0. The van der Waals surface area contributed by atoms with Crippen molar-refractivity contribution >= 4 is 94.5 Å². The van der Waals surface area contributed by atoms with Crippen LogP contribution in [0.4, 0.5) is 0 Å². The van der Waals surface area contributed by atoms with Gasteiger partial charge in [-0.2, -0.15) is 0 Å². The number of aromatic nitrogens is 3. The lowest BCUT2D eigenvalue weighted by Gasteiger charge is -2.09. The maximum Gasteiger partial charge on any atom is 0.165 e. The summed E-state index contributed by atoms with van der Waals surface area (Å²) in [5.74, 6) is 2.04. The molecule has 0 unspecified atom stereocenters. The molecule has 7 aromatic carbocycles. The first-order valence-electron chi connectivity index (χ1n) is 16.9. The maximum atomic E-state index is 5.28. The summed E-state index contributed by atoms with van der Waals surface area (Å²) in [6.45, 7) is 0. The summed E-state index contributed by atoms with van der Waals surface area (Å²) < 4.78 is 7.55. The van der Waals surface area contributed by atoms with Gasteiger partial charge in [0.15, 0.2) is 17.5 Å². The Bertz CT molecular complexity index is 3150. The Morgan fingerprint density at radius 2 is 0.647 bits per heavy atom. The molecule has 51 heavy (non-hydrogen) atoms. The van der Waals surface area contributed by atoms with Crippen LogP contribution in [0.3, 0.4) is 0 Å². The smallest absolute Gasteiger partial charge is 0.165 e. The molecule has 0 amide bonds. The fourth-order valence-corrected chi connectivity index (χ4v) is 11.2. The Morgan fingerprint density at radius 3 is 1.20 bits per heavy atom. The number of rotatable bonds is 4. The molecule has 0 saturated carbocycles. The van der Waals surface area contributed by atoms with Gasteiger partial charge in [-0.1, -0.05) is 127 Å². The molecule has 11 aromatic rings. The molecule has 0 radical (unpaired) electrons. The summed E-state index contributed by atoms with van der Waals surface area (Å²) >= 11 is 5.51. The van der Waals surface area contributed by atoms with Crippen LogP contribution >= 0.6 is 34.0 Å². The Morgan fingerprint density at radius 1 is 0.275 bits per heavy atom. The van der Waals surface area contributed by atoms with Crippen molar-refractivity contribution in [3.05, 3.63) is 152 Å². The minimum absolute atomic E-state index is 0.670. The van der Waals surface area contributed by atoms with Crippen molar-refractivity contribution in [2.75, 3.05) is 0 Å².